The number of ketones is 1. The van der Waals surface area contributed by atoms with Crippen LogP contribution in [0.2, 0.25) is 5.02 Å². The number of hydrogen-bond donors (Lipinski definition) is 2. The van der Waals surface area contributed by atoms with Crippen molar-refractivity contribution < 1.29 is 4.79 Å². The summed E-state index contributed by atoms with van der Waals surface area (Å²) in [5.41, 5.74) is 9.72. The highest BCUT2D eigenvalue weighted by molar-refractivity contribution is 6.30. The fourth-order valence-corrected chi connectivity index (χ4v) is 3.16. The number of nitrogens with one attached hydrogen (secondary N) is 1. The quantitative estimate of drug-likeness (QED) is 0.497. The maximum Gasteiger partial charge on any atom is 0.189 e. The molecule has 0 saturated carbocycles. The minimum atomic E-state index is -0.147. The molecule has 0 amide bonds. The first-order chi connectivity index (χ1) is 10.9. The Morgan fingerprint density at radius 2 is 2.00 bits per heavy atom. The number of carbonyl (C=O) groups is 1. The van der Waals surface area contributed by atoms with E-state index in [0.717, 1.165) is 23.2 Å². The molecule has 0 spiro atoms. The Hall–Kier alpha value is -2.26. The van der Waals surface area contributed by atoms with E-state index in [0.29, 0.717) is 16.3 Å². The Morgan fingerprint density at radius 3 is 2.74 bits per heavy atom. The summed E-state index contributed by atoms with van der Waals surface area (Å²) in [5.74, 6) is -0.107. The second-order valence-electron chi connectivity index (χ2n) is 6.50. The second kappa shape index (κ2) is 5.74. The molecule has 2 aromatic carbocycles. The number of nitrogens with two attached hydrogens (primary N) is 1. The van der Waals surface area contributed by atoms with E-state index in [2.05, 4.69) is 19.2 Å². The number of rotatable bonds is 2. The molecule has 0 aromatic heterocycles. The van der Waals surface area contributed by atoms with Crippen LogP contribution < -0.4 is 11.1 Å². The van der Waals surface area contributed by atoms with Gasteiger partial charge in [0, 0.05) is 39.1 Å². The third kappa shape index (κ3) is 3.25. The molecule has 1 aliphatic heterocycles. The second-order valence-corrected chi connectivity index (χ2v) is 6.93. The van der Waals surface area contributed by atoms with E-state index < -0.39 is 0 Å². The average Bonchev–Trinajstić information content (AvgIpc) is 2.45. The number of anilines is 1. The Kier molecular flexibility index (Phi) is 3.90. The van der Waals surface area contributed by atoms with Crippen molar-refractivity contribution in [3.05, 3.63) is 70.3 Å². The third-order valence-corrected chi connectivity index (χ3v) is 4.20. The average molecular weight is 327 g/mol. The highest BCUT2D eigenvalue weighted by Gasteiger charge is 2.28. The fourth-order valence-electron chi connectivity index (χ4n) is 2.97. The zero-order chi connectivity index (χ0) is 16.6. The Labute approximate surface area is 141 Å². The molecule has 2 aromatic rings. The summed E-state index contributed by atoms with van der Waals surface area (Å²) in [6.07, 6.45) is 2.47. The Balaban J connectivity index is 2.05. The molecule has 0 radical (unpaired) electrons. The number of allylic oxidation sites excluding steroid dienone is 1. The summed E-state index contributed by atoms with van der Waals surface area (Å²) in [6.45, 7) is 4.21. The highest BCUT2D eigenvalue weighted by atomic mass is 35.5. The maximum atomic E-state index is 12.6. The molecule has 3 rings (SSSR count). The molecule has 3 nitrogen and oxygen atoms in total. The number of carbonyl (C=O) groups excluding carboxylic acids is 1. The van der Waals surface area contributed by atoms with Crippen LogP contribution in [0.5, 0.6) is 0 Å². The molecular weight excluding hydrogens is 308 g/mol. The van der Waals surface area contributed by atoms with Crippen LogP contribution in [0.15, 0.2) is 48.5 Å². The van der Waals surface area contributed by atoms with Gasteiger partial charge in [0.15, 0.2) is 5.78 Å². The molecule has 4 heteroatoms. The van der Waals surface area contributed by atoms with E-state index in [4.69, 9.17) is 17.3 Å². The largest absolute Gasteiger partial charge is 0.398 e. The number of fused-ring (bicyclic) bond motifs is 1. The molecule has 3 N–H and O–H groups in total. The Morgan fingerprint density at radius 1 is 1.26 bits per heavy atom. The van der Waals surface area contributed by atoms with E-state index in [1.54, 1.807) is 18.2 Å². The predicted molar refractivity (Wildman–Crippen MR) is 95.5 cm³/mol. The summed E-state index contributed by atoms with van der Waals surface area (Å²) in [4.78, 5) is 12.6. The van der Waals surface area contributed by atoms with Gasteiger partial charge in [-0.3, -0.25) is 4.79 Å². The monoisotopic (exact) mass is 326 g/mol. The van der Waals surface area contributed by atoms with Crippen LogP contribution in [0, 0.1) is 0 Å². The summed E-state index contributed by atoms with van der Waals surface area (Å²) in [7, 11) is 0. The van der Waals surface area contributed by atoms with Gasteiger partial charge in [-0.05, 0) is 50.1 Å². The maximum absolute atomic E-state index is 12.6. The zero-order valence-electron chi connectivity index (χ0n) is 13.2. The van der Waals surface area contributed by atoms with Gasteiger partial charge in [0.25, 0.3) is 0 Å². The zero-order valence-corrected chi connectivity index (χ0v) is 13.9. The molecule has 0 atom stereocenters. The molecule has 0 fully saturated rings. The van der Waals surface area contributed by atoms with Gasteiger partial charge in [-0.25, -0.2) is 0 Å². The minimum Gasteiger partial charge on any atom is -0.398 e. The van der Waals surface area contributed by atoms with Gasteiger partial charge in [0.1, 0.15) is 0 Å². The number of nitrogen functional groups attached to an aromatic ring is 1. The number of halogens is 1. The number of benzene rings is 2. The van der Waals surface area contributed by atoms with Crippen molar-refractivity contribution >= 4 is 28.8 Å². The summed E-state index contributed by atoms with van der Waals surface area (Å²) in [6, 6.07) is 12.9. The lowest BCUT2D eigenvalue weighted by atomic mass is 9.85. The molecule has 0 bridgehead atoms. The summed E-state index contributed by atoms with van der Waals surface area (Å²) < 4.78 is 0. The highest BCUT2D eigenvalue weighted by Crippen LogP contribution is 2.31. The molecule has 118 valence electrons. The summed E-state index contributed by atoms with van der Waals surface area (Å²) >= 11 is 6.12. The first-order valence-electron chi connectivity index (χ1n) is 7.53. The van der Waals surface area contributed by atoms with Crippen LogP contribution >= 0.6 is 11.6 Å². The van der Waals surface area contributed by atoms with E-state index in [1.165, 1.54) is 0 Å². The first kappa shape index (κ1) is 15.6. The SMILES string of the molecule is CC1(C)Cc2cc(Cl)ccc2/C(=C/C(=O)c2ccccc2N)N1. The number of para-hydroxylation sites is 1. The van der Waals surface area contributed by atoms with Crippen LogP contribution in [0.4, 0.5) is 5.69 Å². The van der Waals surface area contributed by atoms with E-state index >= 15 is 0 Å². The molecule has 0 aliphatic carbocycles. The number of hydrogen-bond acceptors (Lipinski definition) is 3. The van der Waals surface area contributed by atoms with Crippen molar-refractivity contribution in [2.75, 3.05) is 5.73 Å². The topological polar surface area (TPSA) is 55.1 Å². The van der Waals surface area contributed by atoms with Crippen molar-refractivity contribution in [3.8, 4) is 0 Å². The molecule has 0 saturated heterocycles. The van der Waals surface area contributed by atoms with Crippen molar-refractivity contribution in [1.82, 2.24) is 5.32 Å². The lowest BCUT2D eigenvalue weighted by Gasteiger charge is -2.35. The van der Waals surface area contributed by atoms with Crippen molar-refractivity contribution in [3.63, 3.8) is 0 Å². The fraction of sp³-hybridized carbons (Fsp3) is 0.211. The molecule has 1 aliphatic rings. The van der Waals surface area contributed by atoms with Gasteiger partial charge < -0.3 is 11.1 Å². The smallest absolute Gasteiger partial charge is 0.189 e. The molecule has 23 heavy (non-hydrogen) atoms. The molecule has 0 unspecified atom stereocenters. The van der Waals surface area contributed by atoms with Gasteiger partial charge in [0.2, 0.25) is 0 Å². The van der Waals surface area contributed by atoms with Crippen LogP contribution in [0.3, 0.4) is 0 Å². The van der Waals surface area contributed by atoms with Gasteiger partial charge >= 0.3 is 0 Å². The van der Waals surface area contributed by atoms with Crippen LogP contribution in [-0.4, -0.2) is 11.3 Å². The minimum absolute atomic E-state index is 0.107. The van der Waals surface area contributed by atoms with Crippen LogP contribution in [0.25, 0.3) is 5.70 Å². The van der Waals surface area contributed by atoms with Crippen LogP contribution in [0.1, 0.15) is 35.3 Å². The van der Waals surface area contributed by atoms with Gasteiger partial charge in [-0.2, -0.15) is 0 Å². The van der Waals surface area contributed by atoms with Crippen molar-refractivity contribution in [1.29, 1.82) is 0 Å². The third-order valence-electron chi connectivity index (χ3n) is 3.96. The first-order valence-corrected chi connectivity index (χ1v) is 7.91. The normalized spacial score (nSPS) is 17.4. The van der Waals surface area contributed by atoms with Gasteiger partial charge in [-0.15, -0.1) is 0 Å². The van der Waals surface area contributed by atoms with Crippen molar-refractivity contribution in [2.24, 2.45) is 0 Å². The standard InChI is InChI=1S/C19H19ClN2O/c1-19(2)11-12-9-13(20)7-8-14(12)17(22-19)10-18(23)15-5-3-4-6-16(15)21/h3-10,22H,11,21H2,1-2H3/b17-10-. The Bertz CT molecular complexity index is 809. The van der Waals surface area contributed by atoms with E-state index in [-0.39, 0.29) is 11.3 Å². The summed E-state index contributed by atoms with van der Waals surface area (Å²) in [5, 5.41) is 4.15. The van der Waals surface area contributed by atoms with Gasteiger partial charge in [-0.1, -0.05) is 29.8 Å². The van der Waals surface area contributed by atoms with E-state index in [9.17, 15) is 4.79 Å². The molecular formula is C19H19ClN2O. The molecule has 1 heterocycles. The van der Waals surface area contributed by atoms with E-state index in [1.807, 2.05) is 30.3 Å². The van der Waals surface area contributed by atoms with Crippen LogP contribution in [-0.2, 0) is 6.42 Å². The lowest BCUT2D eigenvalue weighted by Crippen LogP contribution is -2.43. The van der Waals surface area contributed by atoms with Crippen molar-refractivity contribution in [2.45, 2.75) is 25.8 Å². The lowest BCUT2D eigenvalue weighted by molar-refractivity contribution is 0.104. The predicted octanol–water partition coefficient (Wildman–Crippen LogP) is 4.07. The van der Waals surface area contributed by atoms with Gasteiger partial charge in [0.05, 0.1) is 0 Å².